The molecule has 1 amide bonds. The SMILES string of the molecule is COc1ccccc1C1(CNC(=O)c2cc3c(s2)CCCCC3)CCOCC1. The molecule has 1 aliphatic heterocycles. The summed E-state index contributed by atoms with van der Waals surface area (Å²) in [5.74, 6) is 0.945. The molecule has 5 heteroatoms. The number of methoxy groups -OCH3 is 1. The lowest BCUT2D eigenvalue weighted by atomic mass is 9.73. The van der Waals surface area contributed by atoms with Crippen molar-refractivity contribution in [1.82, 2.24) is 5.32 Å². The maximum Gasteiger partial charge on any atom is 0.261 e. The zero-order valence-corrected chi connectivity index (χ0v) is 17.4. The van der Waals surface area contributed by atoms with E-state index in [2.05, 4.69) is 17.4 Å². The summed E-state index contributed by atoms with van der Waals surface area (Å²) in [6.45, 7) is 2.03. The van der Waals surface area contributed by atoms with Gasteiger partial charge in [-0.05, 0) is 56.2 Å². The monoisotopic (exact) mass is 399 g/mol. The van der Waals surface area contributed by atoms with Crippen LogP contribution < -0.4 is 10.1 Å². The highest BCUT2D eigenvalue weighted by atomic mass is 32.1. The van der Waals surface area contributed by atoms with Gasteiger partial charge in [0.25, 0.3) is 5.91 Å². The molecule has 0 unspecified atom stereocenters. The number of fused-ring (bicyclic) bond motifs is 1. The van der Waals surface area contributed by atoms with E-state index in [9.17, 15) is 4.79 Å². The fraction of sp³-hybridized carbons (Fsp3) is 0.522. The summed E-state index contributed by atoms with van der Waals surface area (Å²) in [6.07, 6.45) is 7.78. The van der Waals surface area contributed by atoms with Crippen LogP contribution in [-0.2, 0) is 23.0 Å². The molecule has 150 valence electrons. The summed E-state index contributed by atoms with van der Waals surface area (Å²) in [7, 11) is 1.71. The van der Waals surface area contributed by atoms with Gasteiger partial charge in [-0.15, -0.1) is 11.3 Å². The van der Waals surface area contributed by atoms with Gasteiger partial charge in [-0.25, -0.2) is 0 Å². The topological polar surface area (TPSA) is 47.6 Å². The van der Waals surface area contributed by atoms with Gasteiger partial charge < -0.3 is 14.8 Å². The Kier molecular flexibility index (Phi) is 6.02. The maximum atomic E-state index is 13.0. The van der Waals surface area contributed by atoms with Gasteiger partial charge in [0.15, 0.2) is 0 Å². The molecule has 2 aliphatic rings. The average molecular weight is 400 g/mol. The molecule has 0 radical (unpaired) electrons. The largest absolute Gasteiger partial charge is 0.496 e. The first-order valence-electron chi connectivity index (χ1n) is 10.3. The summed E-state index contributed by atoms with van der Waals surface area (Å²) < 4.78 is 11.3. The van der Waals surface area contributed by atoms with Crippen LogP contribution in [0.2, 0.25) is 0 Å². The lowest BCUT2D eigenvalue weighted by Gasteiger charge is -2.38. The van der Waals surface area contributed by atoms with Crippen LogP contribution in [0.15, 0.2) is 30.3 Å². The summed E-state index contributed by atoms with van der Waals surface area (Å²) >= 11 is 1.68. The minimum absolute atomic E-state index is 0.0545. The quantitative estimate of drug-likeness (QED) is 0.753. The molecule has 1 aromatic heterocycles. The molecule has 1 fully saturated rings. The van der Waals surface area contributed by atoms with Crippen LogP contribution in [0.5, 0.6) is 5.75 Å². The van der Waals surface area contributed by atoms with Crippen molar-refractivity contribution < 1.29 is 14.3 Å². The van der Waals surface area contributed by atoms with Crippen molar-refractivity contribution in [2.45, 2.75) is 50.4 Å². The Morgan fingerprint density at radius 3 is 2.79 bits per heavy atom. The molecule has 4 rings (SSSR count). The summed E-state index contributed by atoms with van der Waals surface area (Å²) in [6, 6.07) is 10.3. The van der Waals surface area contributed by atoms with E-state index in [0.717, 1.165) is 36.3 Å². The molecule has 1 aliphatic carbocycles. The van der Waals surface area contributed by atoms with E-state index in [1.165, 1.54) is 35.3 Å². The van der Waals surface area contributed by atoms with Crippen LogP contribution in [0.3, 0.4) is 0 Å². The number of carbonyl (C=O) groups excluding carboxylic acids is 1. The van der Waals surface area contributed by atoms with Gasteiger partial charge in [0.1, 0.15) is 5.75 Å². The van der Waals surface area contributed by atoms with E-state index in [1.54, 1.807) is 18.4 Å². The van der Waals surface area contributed by atoms with Crippen LogP contribution in [0.4, 0.5) is 0 Å². The number of rotatable bonds is 5. The molecule has 2 heterocycles. The summed E-state index contributed by atoms with van der Waals surface area (Å²) in [4.78, 5) is 15.2. The molecular formula is C23H29NO3S. The Balaban J connectivity index is 1.53. The van der Waals surface area contributed by atoms with E-state index in [0.29, 0.717) is 19.8 Å². The fourth-order valence-corrected chi connectivity index (χ4v) is 5.67. The molecule has 0 atom stereocenters. The maximum absolute atomic E-state index is 13.0. The molecule has 0 spiro atoms. The van der Waals surface area contributed by atoms with Crippen LogP contribution in [-0.4, -0.2) is 32.8 Å². The van der Waals surface area contributed by atoms with Gasteiger partial charge in [-0.2, -0.15) is 0 Å². The van der Waals surface area contributed by atoms with Gasteiger partial charge in [0.05, 0.1) is 12.0 Å². The third-order valence-corrected chi connectivity index (χ3v) is 7.42. The first-order chi connectivity index (χ1) is 13.7. The number of amides is 1. The second-order valence-corrected chi connectivity index (χ2v) is 9.03. The fourth-order valence-electron chi connectivity index (χ4n) is 4.50. The predicted octanol–water partition coefficient (Wildman–Crippen LogP) is 4.50. The molecule has 0 saturated carbocycles. The number of aryl methyl sites for hydroxylation is 2. The Morgan fingerprint density at radius 1 is 1.18 bits per heavy atom. The van der Waals surface area contributed by atoms with Crippen molar-refractivity contribution in [2.24, 2.45) is 0 Å². The molecule has 4 nitrogen and oxygen atoms in total. The van der Waals surface area contributed by atoms with Crippen LogP contribution in [0, 0.1) is 0 Å². The number of ether oxygens (including phenoxy) is 2. The Labute approximate surface area is 171 Å². The third-order valence-electron chi connectivity index (χ3n) is 6.19. The zero-order chi connectivity index (χ0) is 19.4. The molecule has 1 saturated heterocycles. The normalized spacial score (nSPS) is 18.8. The van der Waals surface area contributed by atoms with E-state index >= 15 is 0 Å². The highest BCUT2D eigenvalue weighted by molar-refractivity contribution is 7.14. The van der Waals surface area contributed by atoms with Crippen LogP contribution >= 0.6 is 11.3 Å². The van der Waals surface area contributed by atoms with Crippen molar-refractivity contribution in [3.05, 3.63) is 51.2 Å². The Bertz CT molecular complexity index is 800. The van der Waals surface area contributed by atoms with Gasteiger partial charge in [-0.1, -0.05) is 24.6 Å². The highest BCUT2D eigenvalue weighted by Crippen LogP contribution is 2.39. The number of para-hydroxylation sites is 1. The van der Waals surface area contributed by atoms with Crippen molar-refractivity contribution in [3.63, 3.8) is 0 Å². The first-order valence-corrected chi connectivity index (χ1v) is 11.1. The number of hydrogen-bond donors (Lipinski definition) is 1. The first kappa shape index (κ1) is 19.5. The van der Waals surface area contributed by atoms with Crippen molar-refractivity contribution in [2.75, 3.05) is 26.9 Å². The number of hydrogen-bond acceptors (Lipinski definition) is 4. The van der Waals surface area contributed by atoms with Gasteiger partial charge in [0, 0.05) is 35.6 Å². The summed E-state index contributed by atoms with van der Waals surface area (Å²) in [5, 5.41) is 3.24. The van der Waals surface area contributed by atoms with Crippen LogP contribution in [0.25, 0.3) is 0 Å². The molecule has 1 aromatic carbocycles. The van der Waals surface area contributed by atoms with E-state index in [-0.39, 0.29) is 11.3 Å². The van der Waals surface area contributed by atoms with Gasteiger partial charge in [-0.3, -0.25) is 4.79 Å². The van der Waals surface area contributed by atoms with E-state index < -0.39 is 0 Å². The van der Waals surface area contributed by atoms with Crippen molar-refractivity contribution >= 4 is 17.2 Å². The predicted molar refractivity (Wildman–Crippen MR) is 113 cm³/mol. The Hall–Kier alpha value is -1.85. The lowest BCUT2D eigenvalue weighted by Crippen LogP contribution is -2.44. The van der Waals surface area contributed by atoms with Gasteiger partial charge >= 0.3 is 0 Å². The number of benzene rings is 1. The molecule has 2 aromatic rings. The highest BCUT2D eigenvalue weighted by Gasteiger charge is 2.37. The lowest BCUT2D eigenvalue weighted by molar-refractivity contribution is 0.0479. The second-order valence-electron chi connectivity index (χ2n) is 7.90. The molecule has 0 bridgehead atoms. The van der Waals surface area contributed by atoms with Crippen molar-refractivity contribution in [1.29, 1.82) is 0 Å². The molecule has 28 heavy (non-hydrogen) atoms. The zero-order valence-electron chi connectivity index (χ0n) is 16.6. The molecular weight excluding hydrogens is 370 g/mol. The minimum Gasteiger partial charge on any atom is -0.496 e. The van der Waals surface area contributed by atoms with E-state index in [1.807, 2.05) is 18.2 Å². The number of carbonyl (C=O) groups is 1. The minimum atomic E-state index is -0.144. The van der Waals surface area contributed by atoms with Crippen molar-refractivity contribution in [3.8, 4) is 5.75 Å². The Morgan fingerprint density at radius 2 is 1.96 bits per heavy atom. The number of thiophene rings is 1. The number of nitrogens with one attached hydrogen (secondary N) is 1. The van der Waals surface area contributed by atoms with Gasteiger partial charge in [0.2, 0.25) is 0 Å². The van der Waals surface area contributed by atoms with E-state index in [4.69, 9.17) is 9.47 Å². The third kappa shape index (κ3) is 3.96. The van der Waals surface area contributed by atoms with Crippen LogP contribution in [0.1, 0.15) is 57.8 Å². The summed E-state index contributed by atoms with van der Waals surface area (Å²) in [5.41, 5.74) is 2.41. The molecule has 1 N–H and O–H groups in total. The standard InChI is InChI=1S/C23H29NO3S/c1-26-19-9-6-5-8-18(19)23(11-13-27-14-12-23)16-24-22(25)21-15-17-7-3-2-4-10-20(17)28-21/h5-6,8-9,15H,2-4,7,10-14,16H2,1H3,(H,24,25). The smallest absolute Gasteiger partial charge is 0.261 e. The second kappa shape index (κ2) is 8.66. The average Bonchev–Trinajstić information content (AvgIpc) is 3.03.